The summed E-state index contributed by atoms with van der Waals surface area (Å²) < 4.78 is 0. The van der Waals surface area contributed by atoms with E-state index in [1.165, 1.54) is 244 Å². The molecule has 0 aromatic heterocycles. The van der Waals surface area contributed by atoms with E-state index in [4.69, 9.17) is 0 Å². The molecule has 0 rings (SSSR count). The molecule has 0 radical (unpaired) electrons. The zero-order valence-corrected chi connectivity index (χ0v) is 40.3. The molecule has 2 atom stereocenters. The van der Waals surface area contributed by atoms with Gasteiger partial charge in [0.25, 0.3) is 0 Å². The minimum Gasteiger partial charge on any atom is -0.394 e. The highest BCUT2D eigenvalue weighted by Gasteiger charge is 2.20. The van der Waals surface area contributed by atoms with Crippen molar-refractivity contribution in [2.75, 3.05) is 6.61 Å². The van der Waals surface area contributed by atoms with E-state index >= 15 is 0 Å². The van der Waals surface area contributed by atoms with Crippen LogP contribution in [-0.4, -0.2) is 34.9 Å². The van der Waals surface area contributed by atoms with Gasteiger partial charge in [-0.15, -0.1) is 0 Å². The first kappa shape index (κ1) is 57.9. The van der Waals surface area contributed by atoms with Gasteiger partial charge in [-0.25, -0.2) is 0 Å². The van der Waals surface area contributed by atoms with Gasteiger partial charge in [-0.2, -0.15) is 0 Å². The van der Waals surface area contributed by atoms with Gasteiger partial charge >= 0.3 is 0 Å². The number of unbranched alkanes of at least 4 members (excludes halogenated alkanes) is 39. The predicted octanol–water partition coefficient (Wildman–Crippen LogP) is 17.5. The first-order valence-electron chi connectivity index (χ1n) is 27.0. The van der Waals surface area contributed by atoms with Crippen LogP contribution in [0.2, 0.25) is 0 Å². The predicted molar refractivity (Wildman–Crippen MR) is 262 cm³/mol. The molecule has 0 bridgehead atoms. The maximum Gasteiger partial charge on any atom is 0.220 e. The van der Waals surface area contributed by atoms with Gasteiger partial charge in [-0.3, -0.25) is 4.79 Å². The van der Waals surface area contributed by atoms with Crippen LogP contribution < -0.4 is 5.32 Å². The molecule has 0 spiro atoms. The molecule has 3 N–H and O–H groups in total. The molecule has 59 heavy (non-hydrogen) atoms. The molecule has 4 nitrogen and oxygen atoms in total. The minimum absolute atomic E-state index is 0.0315. The summed E-state index contributed by atoms with van der Waals surface area (Å²) in [6, 6.07) is -0.538. The minimum atomic E-state index is -0.661. The second-order valence-corrected chi connectivity index (χ2v) is 18.7. The normalized spacial score (nSPS) is 12.9. The van der Waals surface area contributed by atoms with Crippen LogP contribution in [0, 0.1) is 0 Å². The van der Waals surface area contributed by atoms with E-state index in [1.54, 1.807) is 0 Å². The van der Waals surface area contributed by atoms with Crippen LogP contribution in [0.4, 0.5) is 0 Å². The molecule has 0 aromatic rings. The van der Waals surface area contributed by atoms with E-state index in [1.807, 2.05) is 0 Å². The Bertz CT molecular complexity index is 855. The fraction of sp³-hybridized carbons (Fsp3) is 0.909. The maximum absolute atomic E-state index is 12.5. The molecule has 0 aromatic carbocycles. The van der Waals surface area contributed by atoms with Gasteiger partial charge in [-0.1, -0.05) is 276 Å². The summed E-state index contributed by atoms with van der Waals surface area (Å²) >= 11 is 0. The van der Waals surface area contributed by atoms with Crippen molar-refractivity contribution in [1.82, 2.24) is 5.32 Å². The van der Waals surface area contributed by atoms with Gasteiger partial charge in [0.1, 0.15) is 0 Å². The summed E-state index contributed by atoms with van der Waals surface area (Å²) in [4.78, 5) is 12.5. The molecule has 0 aliphatic heterocycles. The van der Waals surface area contributed by atoms with Gasteiger partial charge in [0.15, 0.2) is 0 Å². The monoisotopic (exact) mass is 830 g/mol. The molecule has 1 amide bonds. The largest absolute Gasteiger partial charge is 0.394 e. The lowest BCUT2D eigenvalue weighted by molar-refractivity contribution is -0.123. The van der Waals surface area contributed by atoms with Crippen molar-refractivity contribution >= 4 is 5.91 Å². The maximum atomic E-state index is 12.5. The number of nitrogens with one attached hydrogen (secondary N) is 1. The van der Waals surface area contributed by atoms with E-state index in [2.05, 4.69) is 43.5 Å². The van der Waals surface area contributed by atoms with Crippen LogP contribution in [0.3, 0.4) is 0 Å². The van der Waals surface area contributed by atoms with Crippen molar-refractivity contribution < 1.29 is 15.0 Å². The number of hydrogen-bond acceptors (Lipinski definition) is 3. The van der Waals surface area contributed by atoms with Crippen molar-refractivity contribution in [2.24, 2.45) is 0 Å². The lowest BCUT2D eigenvalue weighted by Gasteiger charge is -2.22. The van der Waals surface area contributed by atoms with Crippen molar-refractivity contribution in [1.29, 1.82) is 0 Å². The number of amides is 1. The Labute approximate surface area is 370 Å². The van der Waals surface area contributed by atoms with Crippen LogP contribution in [-0.2, 0) is 4.79 Å². The highest BCUT2D eigenvalue weighted by atomic mass is 16.3. The molecular formula is C55H107NO3. The van der Waals surface area contributed by atoms with E-state index in [0.717, 1.165) is 32.1 Å². The third-order valence-corrected chi connectivity index (χ3v) is 12.7. The average molecular weight is 830 g/mol. The van der Waals surface area contributed by atoms with Gasteiger partial charge < -0.3 is 15.5 Å². The molecule has 0 aliphatic carbocycles. The van der Waals surface area contributed by atoms with Crippen molar-refractivity contribution in [3.63, 3.8) is 0 Å². The van der Waals surface area contributed by atoms with E-state index in [-0.39, 0.29) is 12.5 Å². The molecule has 0 saturated carbocycles. The SMILES string of the molecule is CCCCCCC/C=C\C/C=C\CCCCCCCCCCCC(=O)NC(CO)C(O)CCCCCCCCCCCCCCCCCCCCCCCCCCCC. The fourth-order valence-electron chi connectivity index (χ4n) is 8.57. The second kappa shape index (κ2) is 51.2. The van der Waals surface area contributed by atoms with Gasteiger partial charge in [-0.05, 0) is 44.9 Å². The Balaban J connectivity index is 3.45. The molecule has 4 heteroatoms. The van der Waals surface area contributed by atoms with Gasteiger partial charge in [0.05, 0.1) is 18.8 Å². The first-order chi connectivity index (χ1) is 29.2. The first-order valence-corrected chi connectivity index (χ1v) is 27.0. The Morgan fingerprint density at radius 2 is 0.695 bits per heavy atom. The molecular weight excluding hydrogens is 723 g/mol. The smallest absolute Gasteiger partial charge is 0.220 e. The number of aliphatic hydroxyl groups excluding tert-OH is 2. The Kier molecular flexibility index (Phi) is 50.2. The molecule has 0 fully saturated rings. The molecule has 0 heterocycles. The number of carbonyl (C=O) groups excluding carboxylic acids is 1. The summed E-state index contributed by atoms with van der Waals surface area (Å²) in [5.41, 5.74) is 0. The Morgan fingerprint density at radius 1 is 0.407 bits per heavy atom. The summed E-state index contributed by atoms with van der Waals surface area (Å²) in [5, 5.41) is 23.3. The van der Waals surface area contributed by atoms with Crippen molar-refractivity contribution in [3.8, 4) is 0 Å². The number of carbonyl (C=O) groups is 1. The number of allylic oxidation sites excluding steroid dienone is 4. The third-order valence-electron chi connectivity index (χ3n) is 12.7. The summed E-state index contributed by atoms with van der Waals surface area (Å²) in [5.74, 6) is -0.0315. The Hall–Kier alpha value is -1.13. The van der Waals surface area contributed by atoms with Gasteiger partial charge in [0.2, 0.25) is 5.91 Å². The van der Waals surface area contributed by atoms with E-state index in [0.29, 0.717) is 12.8 Å². The zero-order chi connectivity index (χ0) is 42.8. The molecule has 0 saturated heterocycles. The number of rotatable bonds is 50. The Morgan fingerprint density at radius 3 is 1.02 bits per heavy atom. The lowest BCUT2D eigenvalue weighted by atomic mass is 10.0. The fourth-order valence-corrected chi connectivity index (χ4v) is 8.57. The van der Waals surface area contributed by atoms with Crippen molar-refractivity contribution in [2.45, 2.75) is 315 Å². The topological polar surface area (TPSA) is 69.6 Å². The highest BCUT2D eigenvalue weighted by molar-refractivity contribution is 5.76. The zero-order valence-electron chi connectivity index (χ0n) is 40.3. The number of aliphatic hydroxyl groups is 2. The summed E-state index contributed by atoms with van der Waals surface area (Å²) in [6.45, 7) is 4.38. The van der Waals surface area contributed by atoms with Gasteiger partial charge in [0, 0.05) is 6.42 Å². The van der Waals surface area contributed by atoms with Crippen LogP contribution in [0.5, 0.6) is 0 Å². The van der Waals surface area contributed by atoms with E-state index in [9.17, 15) is 15.0 Å². The van der Waals surface area contributed by atoms with Crippen LogP contribution in [0.25, 0.3) is 0 Å². The average Bonchev–Trinajstić information content (AvgIpc) is 3.24. The van der Waals surface area contributed by atoms with E-state index < -0.39 is 12.1 Å². The van der Waals surface area contributed by atoms with Crippen LogP contribution in [0.15, 0.2) is 24.3 Å². The second-order valence-electron chi connectivity index (χ2n) is 18.7. The van der Waals surface area contributed by atoms with Crippen LogP contribution in [0.1, 0.15) is 303 Å². The van der Waals surface area contributed by atoms with Crippen molar-refractivity contribution in [3.05, 3.63) is 24.3 Å². The molecule has 0 aliphatic rings. The standard InChI is InChI=1S/C55H107NO3/c1-3-5-7-9-11-13-15-17-19-21-23-25-26-27-28-29-31-32-34-36-38-40-42-44-46-48-50-54(58)53(52-57)56-55(59)51-49-47-45-43-41-39-37-35-33-30-24-22-20-18-16-14-12-10-8-6-4-2/h16,18,22,24,53-54,57-58H,3-15,17,19-21,23,25-52H2,1-2H3,(H,56,59)/b18-16-,24-22-. The molecule has 350 valence electrons. The third kappa shape index (κ3) is 47.8. The summed E-state index contributed by atoms with van der Waals surface area (Å²) in [6.07, 6.45) is 67.2. The lowest BCUT2D eigenvalue weighted by Crippen LogP contribution is -2.45. The quantitative estimate of drug-likeness (QED) is 0.0422. The van der Waals surface area contributed by atoms with Crippen LogP contribution >= 0.6 is 0 Å². The number of hydrogen-bond donors (Lipinski definition) is 3. The molecule has 2 unspecified atom stereocenters. The highest BCUT2D eigenvalue weighted by Crippen LogP contribution is 2.17. The summed E-state index contributed by atoms with van der Waals surface area (Å²) in [7, 11) is 0.